The van der Waals surface area contributed by atoms with Crippen molar-refractivity contribution in [3.8, 4) is 0 Å². The Bertz CT molecular complexity index is 379. The molecular weight excluding hydrogens is 212 g/mol. The van der Waals surface area contributed by atoms with Gasteiger partial charge in [0.05, 0.1) is 6.61 Å². The van der Waals surface area contributed by atoms with E-state index in [1.807, 2.05) is 12.2 Å². The molecule has 1 atom stereocenters. The number of allylic oxidation sites excluding steroid dienone is 3. The summed E-state index contributed by atoms with van der Waals surface area (Å²) in [6.07, 6.45) is 9.69. The third-order valence-electron chi connectivity index (χ3n) is 2.35. The normalized spacial score (nSPS) is 25.4. The van der Waals surface area contributed by atoms with E-state index in [0.717, 1.165) is 0 Å². The molecule has 3 nitrogen and oxygen atoms in total. The molecule has 4 heteroatoms. The minimum absolute atomic E-state index is 0.166. The summed E-state index contributed by atoms with van der Waals surface area (Å²) < 4.78 is 27.7. The van der Waals surface area contributed by atoms with Crippen LogP contribution < -0.4 is 0 Å². The fourth-order valence-corrected chi connectivity index (χ4v) is 2.40. The molecule has 1 rings (SSSR count). The summed E-state index contributed by atoms with van der Waals surface area (Å²) in [5, 5.41) is 0. The minimum atomic E-state index is -3.54. The molecule has 0 aromatic heterocycles. The van der Waals surface area contributed by atoms with Gasteiger partial charge in [-0.25, -0.2) is 0 Å². The topological polar surface area (TPSA) is 43.4 Å². The highest BCUT2D eigenvalue weighted by Gasteiger charge is 2.37. The highest BCUT2D eigenvalue weighted by molar-refractivity contribution is 7.88. The van der Waals surface area contributed by atoms with Crippen molar-refractivity contribution in [3.63, 3.8) is 0 Å². The van der Waals surface area contributed by atoms with Gasteiger partial charge in [-0.05, 0) is 19.8 Å². The summed E-state index contributed by atoms with van der Waals surface area (Å²) in [7, 11) is -3.54. The molecule has 0 radical (unpaired) electrons. The molecule has 1 unspecified atom stereocenters. The van der Waals surface area contributed by atoms with Gasteiger partial charge in [0.25, 0.3) is 10.1 Å². The van der Waals surface area contributed by atoms with Crippen molar-refractivity contribution in [1.29, 1.82) is 0 Å². The van der Waals surface area contributed by atoms with Crippen LogP contribution in [0.25, 0.3) is 0 Å². The van der Waals surface area contributed by atoms with Gasteiger partial charge >= 0.3 is 0 Å². The predicted octanol–water partition coefficient (Wildman–Crippen LogP) is 2.18. The molecule has 0 amide bonds. The molecule has 1 aliphatic rings. The second kappa shape index (κ2) is 4.77. The van der Waals surface area contributed by atoms with Crippen LogP contribution in [0.1, 0.15) is 19.8 Å². The summed E-state index contributed by atoms with van der Waals surface area (Å²) >= 11 is 0. The van der Waals surface area contributed by atoms with Crippen LogP contribution in [0, 0.1) is 0 Å². The smallest absolute Gasteiger partial charge is 0.269 e. The van der Waals surface area contributed by atoms with Gasteiger partial charge in [0.15, 0.2) is 0 Å². The van der Waals surface area contributed by atoms with E-state index in [0.29, 0.717) is 12.8 Å². The Labute approximate surface area is 91.3 Å². The minimum Gasteiger partial charge on any atom is -0.269 e. The summed E-state index contributed by atoms with van der Waals surface area (Å²) in [5.74, 6) is 0. The van der Waals surface area contributed by atoms with Gasteiger partial charge < -0.3 is 0 Å². The average molecular weight is 228 g/mol. The van der Waals surface area contributed by atoms with Crippen LogP contribution in [0.4, 0.5) is 0 Å². The average Bonchev–Trinajstić information content (AvgIpc) is 2.19. The first kappa shape index (κ1) is 12.2. The molecule has 0 N–H and O–H groups in total. The van der Waals surface area contributed by atoms with E-state index in [2.05, 4.69) is 6.58 Å². The zero-order valence-electron chi connectivity index (χ0n) is 8.85. The maximum absolute atomic E-state index is 11.8. The lowest BCUT2D eigenvalue weighted by molar-refractivity contribution is 0.311. The van der Waals surface area contributed by atoms with Crippen molar-refractivity contribution in [2.45, 2.75) is 24.5 Å². The lowest BCUT2D eigenvalue weighted by Gasteiger charge is -2.25. The van der Waals surface area contributed by atoms with E-state index >= 15 is 0 Å². The van der Waals surface area contributed by atoms with E-state index in [9.17, 15) is 8.42 Å². The molecule has 0 heterocycles. The van der Waals surface area contributed by atoms with E-state index in [4.69, 9.17) is 4.18 Å². The summed E-state index contributed by atoms with van der Waals surface area (Å²) in [6.45, 7) is 5.34. The highest BCUT2D eigenvalue weighted by Crippen LogP contribution is 2.28. The van der Waals surface area contributed by atoms with Crippen molar-refractivity contribution in [2.75, 3.05) is 6.61 Å². The lowest BCUT2D eigenvalue weighted by atomic mass is 10.0. The largest absolute Gasteiger partial charge is 0.276 e. The second-order valence-electron chi connectivity index (χ2n) is 3.66. The lowest BCUT2D eigenvalue weighted by Crippen LogP contribution is -2.35. The van der Waals surface area contributed by atoms with Gasteiger partial charge in [-0.1, -0.05) is 30.4 Å². The molecule has 0 aromatic rings. The van der Waals surface area contributed by atoms with Crippen LogP contribution in [0.2, 0.25) is 0 Å². The van der Waals surface area contributed by atoms with Crippen molar-refractivity contribution >= 4 is 10.1 Å². The molecule has 1 aliphatic carbocycles. The Morgan fingerprint density at radius 3 is 2.80 bits per heavy atom. The van der Waals surface area contributed by atoms with Crippen molar-refractivity contribution in [2.24, 2.45) is 0 Å². The number of hydrogen-bond donors (Lipinski definition) is 0. The van der Waals surface area contributed by atoms with Crippen LogP contribution in [0.3, 0.4) is 0 Å². The van der Waals surface area contributed by atoms with Crippen LogP contribution >= 0.6 is 0 Å². The number of hydrogen-bond acceptors (Lipinski definition) is 3. The monoisotopic (exact) mass is 228 g/mol. The Balaban J connectivity index is 2.72. The van der Waals surface area contributed by atoms with E-state index in [1.165, 1.54) is 0 Å². The van der Waals surface area contributed by atoms with Crippen LogP contribution in [-0.4, -0.2) is 19.8 Å². The van der Waals surface area contributed by atoms with Gasteiger partial charge in [-0.15, -0.1) is 6.58 Å². The second-order valence-corrected chi connectivity index (χ2v) is 5.73. The number of rotatable bonds is 5. The maximum Gasteiger partial charge on any atom is 0.276 e. The SMILES string of the molecule is C=CCCOS(=O)(=O)C1(C)C=CC=CC1. The Kier molecular flexibility index (Phi) is 3.88. The van der Waals surface area contributed by atoms with Crippen molar-refractivity contribution in [3.05, 3.63) is 37.0 Å². The first-order chi connectivity index (χ1) is 7.02. The molecule has 0 aliphatic heterocycles. The predicted molar refractivity (Wildman–Crippen MR) is 61.0 cm³/mol. The molecule has 15 heavy (non-hydrogen) atoms. The van der Waals surface area contributed by atoms with Gasteiger partial charge in [0.2, 0.25) is 0 Å². The first-order valence-electron chi connectivity index (χ1n) is 4.86. The third-order valence-corrected chi connectivity index (χ3v) is 4.27. The van der Waals surface area contributed by atoms with Crippen LogP contribution in [0.15, 0.2) is 37.0 Å². The first-order valence-corrected chi connectivity index (χ1v) is 6.27. The Hall–Kier alpha value is -0.870. The van der Waals surface area contributed by atoms with Gasteiger partial charge in [-0.2, -0.15) is 8.42 Å². The fraction of sp³-hybridized carbons (Fsp3) is 0.455. The molecule has 0 saturated heterocycles. The summed E-state index contributed by atoms with van der Waals surface area (Å²) in [6, 6.07) is 0. The third kappa shape index (κ3) is 2.79. The van der Waals surface area contributed by atoms with Gasteiger partial charge in [0, 0.05) is 0 Å². The van der Waals surface area contributed by atoms with E-state index in [1.54, 1.807) is 25.2 Å². The molecule has 0 fully saturated rings. The molecular formula is C11H16O3S. The van der Waals surface area contributed by atoms with Crippen molar-refractivity contribution < 1.29 is 12.6 Å². The molecule has 0 spiro atoms. The van der Waals surface area contributed by atoms with E-state index < -0.39 is 14.9 Å². The zero-order chi connectivity index (χ0) is 11.4. The summed E-state index contributed by atoms with van der Waals surface area (Å²) in [5.41, 5.74) is 0. The molecule has 0 aromatic carbocycles. The molecule has 0 bridgehead atoms. The van der Waals surface area contributed by atoms with Gasteiger partial charge in [-0.3, -0.25) is 4.18 Å². The van der Waals surface area contributed by atoms with Crippen LogP contribution in [-0.2, 0) is 14.3 Å². The van der Waals surface area contributed by atoms with Gasteiger partial charge in [0.1, 0.15) is 4.75 Å². The molecule has 84 valence electrons. The standard InChI is InChI=1S/C11H16O3S/c1-3-4-10-14-15(12,13)11(2)8-6-5-7-9-11/h3,5-8H,1,4,9-10H2,2H3. The van der Waals surface area contributed by atoms with Crippen LogP contribution in [0.5, 0.6) is 0 Å². The zero-order valence-corrected chi connectivity index (χ0v) is 9.66. The highest BCUT2D eigenvalue weighted by atomic mass is 32.2. The Morgan fingerprint density at radius 2 is 2.27 bits per heavy atom. The quantitative estimate of drug-likeness (QED) is 0.411. The Morgan fingerprint density at radius 1 is 1.53 bits per heavy atom. The summed E-state index contributed by atoms with van der Waals surface area (Å²) in [4.78, 5) is 0. The molecule has 0 saturated carbocycles. The maximum atomic E-state index is 11.8. The van der Waals surface area contributed by atoms with Crippen molar-refractivity contribution in [1.82, 2.24) is 0 Å². The fourth-order valence-electron chi connectivity index (χ4n) is 1.27. The van der Waals surface area contributed by atoms with E-state index in [-0.39, 0.29) is 6.61 Å².